The summed E-state index contributed by atoms with van der Waals surface area (Å²) in [7, 11) is 1.83. The second-order valence-electron chi connectivity index (χ2n) is 3.59. The Morgan fingerprint density at radius 1 is 1.58 bits per heavy atom. The normalized spacial score (nSPS) is 37.4. The number of carbonyl (C=O) groups is 1. The number of hydrogen-bond donors (Lipinski definition) is 0. The zero-order valence-electron chi connectivity index (χ0n) is 7.36. The van der Waals surface area contributed by atoms with Crippen LogP contribution in [0, 0.1) is 5.92 Å². The van der Waals surface area contributed by atoms with Gasteiger partial charge in [-0.2, -0.15) is 0 Å². The lowest BCUT2D eigenvalue weighted by Gasteiger charge is -2.19. The largest absolute Gasteiger partial charge is 0.337 e. The molecular formula is C9H14N2O. The van der Waals surface area contributed by atoms with Gasteiger partial charge in [0, 0.05) is 19.3 Å². The number of aliphatic imine (C=N–C) groups is 1. The molecule has 1 aliphatic heterocycles. The first-order valence-electron chi connectivity index (χ1n) is 4.53. The van der Waals surface area contributed by atoms with Gasteiger partial charge in [0.05, 0.1) is 6.04 Å². The third-order valence-electron chi connectivity index (χ3n) is 3.10. The molecule has 0 spiro atoms. The molecule has 0 radical (unpaired) electrons. The van der Waals surface area contributed by atoms with E-state index in [1.807, 2.05) is 11.9 Å². The minimum absolute atomic E-state index is 0.354. The maximum absolute atomic E-state index is 10.7. The van der Waals surface area contributed by atoms with Crippen molar-refractivity contribution in [2.45, 2.75) is 25.3 Å². The van der Waals surface area contributed by atoms with Crippen molar-refractivity contribution in [1.82, 2.24) is 4.90 Å². The molecule has 12 heavy (non-hydrogen) atoms. The van der Waals surface area contributed by atoms with Crippen LogP contribution in [0.1, 0.15) is 19.3 Å². The van der Waals surface area contributed by atoms with E-state index in [1.54, 1.807) is 0 Å². The van der Waals surface area contributed by atoms with Crippen molar-refractivity contribution in [3.05, 3.63) is 0 Å². The number of rotatable bonds is 1. The van der Waals surface area contributed by atoms with Gasteiger partial charge in [-0.1, -0.05) is 0 Å². The van der Waals surface area contributed by atoms with Crippen molar-refractivity contribution in [3.8, 4) is 0 Å². The Hall–Kier alpha value is -0.860. The topological polar surface area (TPSA) is 32.7 Å². The molecule has 2 unspecified atom stereocenters. The van der Waals surface area contributed by atoms with Crippen LogP contribution in [0.4, 0.5) is 0 Å². The van der Waals surface area contributed by atoms with Gasteiger partial charge in [-0.25, -0.2) is 0 Å². The Kier molecular flexibility index (Phi) is 1.87. The molecule has 1 heterocycles. The smallest absolute Gasteiger partial charge is 0.210 e. The van der Waals surface area contributed by atoms with Gasteiger partial charge in [0.2, 0.25) is 6.41 Å². The first kappa shape index (κ1) is 7.77. The van der Waals surface area contributed by atoms with Crippen LogP contribution in [-0.4, -0.2) is 36.7 Å². The molecule has 1 saturated carbocycles. The molecule has 0 aromatic carbocycles. The summed E-state index contributed by atoms with van der Waals surface area (Å²) in [5, 5.41) is 0. The summed E-state index contributed by atoms with van der Waals surface area (Å²) in [5.74, 6) is 0.703. The Morgan fingerprint density at radius 3 is 3.08 bits per heavy atom. The SMILES string of the molecule is CN=C1CCC2CCN(C=O)C12. The molecule has 2 aliphatic rings. The Labute approximate surface area is 72.5 Å². The predicted molar refractivity (Wildman–Crippen MR) is 47.3 cm³/mol. The first-order chi connectivity index (χ1) is 5.86. The minimum Gasteiger partial charge on any atom is -0.337 e. The maximum Gasteiger partial charge on any atom is 0.210 e. The molecular weight excluding hydrogens is 152 g/mol. The molecule has 2 rings (SSSR count). The number of nitrogens with zero attached hydrogens (tertiary/aromatic N) is 2. The summed E-state index contributed by atoms with van der Waals surface area (Å²) in [4.78, 5) is 16.8. The van der Waals surface area contributed by atoms with Gasteiger partial charge in [-0.15, -0.1) is 0 Å². The van der Waals surface area contributed by atoms with Gasteiger partial charge in [0.15, 0.2) is 0 Å². The third kappa shape index (κ3) is 0.958. The molecule has 1 aliphatic carbocycles. The summed E-state index contributed by atoms with van der Waals surface area (Å²) in [5.41, 5.74) is 1.23. The number of amides is 1. The third-order valence-corrected chi connectivity index (χ3v) is 3.10. The van der Waals surface area contributed by atoms with Crippen LogP contribution in [0.15, 0.2) is 4.99 Å². The molecule has 0 aromatic heterocycles. The fraction of sp³-hybridized carbons (Fsp3) is 0.778. The van der Waals surface area contributed by atoms with Crippen LogP contribution in [-0.2, 0) is 4.79 Å². The Balaban J connectivity index is 2.21. The molecule has 2 atom stereocenters. The van der Waals surface area contributed by atoms with Crippen molar-refractivity contribution in [2.24, 2.45) is 10.9 Å². The van der Waals surface area contributed by atoms with Crippen molar-refractivity contribution >= 4 is 12.1 Å². The molecule has 0 aromatic rings. The van der Waals surface area contributed by atoms with E-state index in [4.69, 9.17) is 0 Å². The van der Waals surface area contributed by atoms with Crippen molar-refractivity contribution in [2.75, 3.05) is 13.6 Å². The predicted octanol–water partition coefficient (Wildman–Crippen LogP) is 0.698. The molecule has 2 fully saturated rings. The monoisotopic (exact) mass is 166 g/mol. The van der Waals surface area contributed by atoms with E-state index in [0.29, 0.717) is 12.0 Å². The van der Waals surface area contributed by atoms with E-state index in [9.17, 15) is 4.79 Å². The summed E-state index contributed by atoms with van der Waals surface area (Å²) >= 11 is 0. The lowest BCUT2D eigenvalue weighted by molar-refractivity contribution is -0.118. The van der Waals surface area contributed by atoms with E-state index >= 15 is 0 Å². The first-order valence-corrected chi connectivity index (χ1v) is 4.53. The van der Waals surface area contributed by atoms with Gasteiger partial charge in [-0.05, 0) is 25.2 Å². The zero-order valence-corrected chi connectivity index (χ0v) is 7.36. The zero-order chi connectivity index (χ0) is 8.55. The summed E-state index contributed by atoms with van der Waals surface area (Å²) in [6.07, 6.45) is 4.46. The quantitative estimate of drug-likeness (QED) is 0.528. The number of hydrogen-bond acceptors (Lipinski definition) is 2. The van der Waals surface area contributed by atoms with Crippen LogP contribution in [0.2, 0.25) is 0 Å². The Morgan fingerprint density at radius 2 is 2.42 bits per heavy atom. The number of likely N-dealkylation sites (tertiary alicyclic amines) is 1. The van der Waals surface area contributed by atoms with Gasteiger partial charge in [-0.3, -0.25) is 9.79 Å². The number of carbonyl (C=O) groups excluding carboxylic acids is 1. The molecule has 0 N–H and O–H groups in total. The van der Waals surface area contributed by atoms with Gasteiger partial charge >= 0.3 is 0 Å². The van der Waals surface area contributed by atoms with Gasteiger partial charge < -0.3 is 4.90 Å². The van der Waals surface area contributed by atoms with Gasteiger partial charge in [0.25, 0.3) is 0 Å². The van der Waals surface area contributed by atoms with Crippen LogP contribution >= 0.6 is 0 Å². The van der Waals surface area contributed by atoms with E-state index in [-0.39, 0.29) is 0 Å². The molecule has 0 bridgehead atoms. The van der Waals surface area contributed by atoms with Crippen molar-refractivity contribution < 1.29 is 4.79 Å². The summed E-state index contributed by atoms with van der Waals surface area (Å²) in [6, 6.07) is 0.354. The van der Waals surface area contributed by atoms with Gasteiger partial charge in [0.1, 0.15) is 0 Å². The number of fused-ring (bicyclic) bond motifs is 1. The fourth-order valence-corrected chi connectivity index (χ4v) is 2.49. The minimum atomic E-state index is 0.354. The molecule has 66 valence electrons. The molecule has 3 nitrogen and oxygen atoms in total. The molecule has 3 heteroatoms. The average Bonchev–Trinajstić information content (AvgIpc) is 2.62. The average molecular weight is 166 g/mol. The highest BCUT2D eigenvalue weighted by Crippen LogP contribution is 2.35. The second kappa shape index (κ2) is 2.88. The molecule has 1 amide bonds. The van der Waals surface area contributed by atoms with Crippen LogP contribution < -0.4 is 0 Å². The highest BCUT2D eigenvalue weighted by atomic mass is 16.1. The highest BCUT2D eigenvalue weighted by Gasteiger charge is 2.40. The summed E-state index contributed by atoms with van der Waals surface area (Å²) < 4.78 is 0. The molecule has 1 saturated heterocycles. The van der Waals surface area contributed by atoms with Crippen LogP contribution in [0.3, 0.4) is 0 Å². The van der Waals surface area contributed by atoms with E-state index in [1.165, 1.54) is 18.6 Å². The fourth-order valence-electron chi connectivity index (χ4n) is 2.49. The Bertz CT molecular complexity index is 225. The maximum atomic E-state index is 10.7. The van der Waals surface area contributed by atoms with E-state index in [0.717, 1.165) is 19.4 Å². The van der Waals surface area contributed by atoms with E-state index < -0.39 is 0 Å². The highest BCUT2D eigenvalue weighted by molar-refractivity contribution is 5.93. The standard InChI is InChI=1S/C9H14N2O/c1-10-8-3-2-7-4-5-11(6-12)9(7)8/h6-7,9H,2-5H2,1H3. The van der Waals surface area contributed by atoms with E-state index in [2.05, 4.69) is 4.99 Å². The van der Waals surface area contributed by atoms with Crippen LogP contribution in [0.25, 0.3) is 0 Å². The lowest BCUT2D eigenvalue weighted by Crippen LogP contribution is -2.34. The lowest BCUT2D eigenvalue weighted by atomic mass is 10.0. The van der Waals surface area contributed by atoms with Crippen molar-refractivity contribution in [3.63, 3.8) is 0 Å². The second-order valence-corrected chi connectivity index (χ2v) is 3.59. The summed E-state index contributed by atoms with van der Waals surface area (Å²) in [6.45, 7) is 0.928. The van der Waals surface area contributed by atoms with Crippen LogP contribution in [0.5, 0.6) is 0 Å². The van der Waals surface area contributed by atoms with Crippen molar-refractivity contribution in [1.29, 1.82) is 0 Å².